The lowest BCUT2D eigenvalue weighted by Crippen LogP contribution is -2.36. The van der Waals surface area contributed by atoms with Gasteiger partial charge in [-0.15, -0.1) is 0 Å². The van der Waals surface area contributed by atoms with Gasteiger partial charge in [-0.3, -0.25) is 0 Å². The van der Waals surface area contributed by atoms with Crippen LogP contribution < -0.4 is 15.4 Å². The average Bonchev–Trinajstić information content (AvgIpc) is 2.98. The van der Waals surface area contributed by atoms with E-state index in [4.69, 9.17) is 28.4 Å². The third-order valence-electron chi connectivity index (χ3n) is 6.54. The molecule has 0 aromatic heterocycles. The van der Waals surface area contributed by atoms with E-state index in [1.54, 1.807) is 28.4 Å². The lowest BCUT2D eigenvalue weighted by Gasteiger charge is -2.27. The molecule has 41 heavy (non-hydrogen) atoms. The van der Waals surface area contributed by atoms with Crippen molar-refractivity contribution in [3.63, 3.8) is 0 Å². The quantitative estimate of drug-likeness (QED) is 0.0769. The van der Waals surface area contributed by atoms with Gasteiger partial charge >= 0.3 is 0 Å². The van der Waals surface area contributed by atoms with E-state index in [2.05, 4.69) is 36.2 Å². The zero-order chi connectivity index (χ0) is 30.7. The van der Waals surface area contributed by atoms with Crippen LogP contribution in [0.3, 0.4) is 0 Å². The minimum atomic E-state index is -0.680. The zero-order valence-corrected chi connectivity index (χ0v) is 25.6. The van der Waals surface area contributed by atoms with E-state index in [0.717, 1.165) is 11.1 Å². The van der Waals surface area contributed by atoms with Crippen molar-refractivity contribution in [1.82, 2.24) is 10.6 Å². The Labute approximate surface area is 244 Å². The number of nitrogens with one attached hydrogen (secondary N) is 2. The van der Waals surface area contributed by atoms with Crippen molar-refractivity contribution in [3.8, 4) is 5.75 Å². The Hall–Kier alpha value is -2.64. The number of hydrogen-bond donors (Lipinski definition) is 3. The number of hydrogen-bond acceptors (Lipinski definition) is 11. The van der Waals surface area contributed by atoms with Crippen molar-refractivity contribution in [2.75, 3.05) is 67.8 Å². The number of ether oxygens (including phenoxy) is 6. The molecule has 3 N–H and O–H groups in total. The Morgan fingerprint density at radius 1 is 0.927 bits per heavy atom. The highest BCUT2D eigenvalue weighted by Crippen LogP contribution is 2.33. The van der Waals surface area contributed by atoms with Gasteiger partial charge < -0.3 is 44.2 Å². The fourth-order valence-electron chi connectivity index (χ4n) is 3.79. The van der Waals surface area contributed by atoms with Crippen LogP contribution in [0.25, 0.3) is 0 Å². The van der Waals surface area contributed by atoms with Gasteiger partial charge in [0.2, 0.25) is 0 Å². The molecule has 0 aliphatic carbocycles. The molecule has 0 bridgehead atoms. The van der Waals surface area contributed by atoms with Gasteiger partial charge in [0.05, 0.1) is 5.76 Å². The molecule has 11 nitrogen and oxygen atoms in total. The molecule has 0 saturated heterocycles. The number of nitrogens with zero attached hydrogens (tertiary/aromatic N) is 1. The maximum Gasteiger partial charge on any atom is 0.169 e. The highest BCUT2D eigenvalue weighted by atomic mass is 16.7. The number of allylic oxidation sites excluding steroid dienone is 5. The molecular formula is C30H49N3O8. The zero-order valence-electron chi connectivity index (χ0n) is 25.6. The molecule has 0 aliphatic rings. The first-order chi connectivity index (χ1) is 19.6. The summed E-state index contributed by atoms with van der Waals surface area (Å²) in [5.74, 6) is 1.31. The highest BCUT2D eigenvalue weighted by Gasteiger charge is 2.24. The van der Waals surface area contributed by atoms with Crippen LogP contribution in [0.4, 0.5) is 0 Å². The summed E-state index contributed by atoms with van der Waals surface area (Å²) in [5, 5.41) is 19.5. The lowest BCUT2D eigenvalue weighted by molar-refractivity contribution is -0.0997. The first-order valence-electron chi connectivity index (χ1n) is 13.6. The van der Waals surface area contributed by atoms with Crippen LogP contribution in [0.2, 0.25) is 0 Å². The van der Waals surface area contributed by atoms with E-state index >= 15 is 0 Å². The van der Waals surface area contributed by atoms with E-state index in [1.807, 2.05) is 49.4 Å². The Bertz CT molecular complexity index is 928. The summed E-state index contributed by atoms with van der Waals surface area (Å²) < 4.78 is 32.0. The van der Waals surface area contributed by atoms with Crippen LogP contribution in [0.1, 0.15) is 26.3 Å². The van der Waals surface area contributed by atoms with Gasteiger partial charge in [-0.05, 0) is 36.3 Å². The summed E-state index contributed by atoms with van der Waals surface area (Å²) in [5.41, 5.74) is 1.70. The molecule has 232 valence electrons. The minimum Gasteiger partial charge on any atom is -0.495 e. The van der Waals surface area contributed by atoms with Crippen molar-refractivity contribution in [3.05, 3.63) is 70.9 Å². The molecule has 0 aliphatic heterocycles. The second-order valence-electron chi connectivity index (χ2n) is 9.91. The van der Waals surface area contributed by atoms with E-state index in [9.17, 15) is 10.0 Å². The molecule has 0 amide bonds. The molecule has 0 heterocycles. The van der Waals surface area contributed by atoms with Crippen LogP contribution >= 0.6 is 0 Å². The van der Waals surface area contributed by atoms with Gasteiger partial charge in [-0.1, -0.05) is 49.9 Å². The standard InChI is InChI=1S/C30H49N3O8/c1-9-23(11-10-22(2)40-21-26(34)17-32-19-29(38-7)39-8)30(3,4)24-12-14-27(15-13-24)41-20-25(33-35)16-31-18-28(36-5)37-6/h9-15,25-26,28-29,31-32,34H,1,16-21H2,2-8H3/b22-10+,23-11+. The van der Waals surface area contributed by atoms with Gasteiger partial charge in [0, 0.05) is 60.0 Å². The summed E-state index contributed by atoms with van der Waals surface area (Å²) >= 11 is 0. The predicted molar refractivity (Wildman–Crippen MR) is 160 cm³/mol. The van der Waals surface area contributed by atoms with Gasteiger partial charge in [0.1, 0.15) is 31.1 Å². The lowest BCUT2D eigenvalue weighted by atomic mass is 9.77. The van der Waals surface area contributed by atoms with Crippen molar-refractivity contribution < 1.29 is 33.5 Å². The Morgan fingerprint density at radius 3 is 2.00 bits per heavy atom. The summed E-state index contributed by atoms with van der Waals surface area (Å²) in [6.07, 6.45) is 4.21. The number of methoxy groups -OCH3 is 4. The van der Waals surface area contributed by atoms with E-state index in [-0.39, 0.29) is 24.9 Å². The molecule has 1 rings (SSSR count). The fraction of sp³-hybridized carbons (Fsp3) is 0.600. The largest absolute Gasteiger partial charge is 0.495 e. The van der Waals surface area contributed by atoms with E-state index in [0.29, 0.717) is 37.7 Å². The van der Waals surface area contributed by atoms with E-state index in [1.165, 1.54) is 0 Å². The molecule has 1 aromatic carbocycles. The number of aliphatic hydroxyl groups excluding tert-OH is 1. The van der Waals surface area contributed by atoms with Crippen LogP contribution in [0, 0.1) is 4.91 Å². The number of aliphatic hydroxyl groups is 1. The molecule has 0 radical (unpaired) electrons. The molecule has 1 aromatic rings. The van der Waals surface area contributed by atoms with Gasteiger partial charge in [0.25, 0.3) is 0 Å². The SMILES string of the molecule is C=C/C(=C\C=C(/C)OCC(O)CNCC(OC)OC)C(C)(C)c1ccc(OCC(CNCC(OC)OC)N=O)cc1. The van der Waals surface area contributed by atoms with Crippen molar-refractivity contribution in [2.45, 2.75) is 50.9 Å². The minimum absolute atomic E-state index is 0.150. The fourth-order valence-corrected chi connectivity index (χ4v) is 3.79. The van der Waals surface area contributed by atoms with Crippen LogP contribution in [-0.2, 0) is 29.1 Å². The number of rotatable bonds is 23. The third-order valence-corrected chi connectivity index (χ3v) is 6.54. The van der Waals surface area contributed by atoms with Crippen LogP contribution in [0.5, 0.6) is 5.75 Å². The summed E-state index contributed by atoms with van der Waals surface area (Å²) in [6.45, 7) is 11.9. The molecule has 2 atom stereocenters. The molecule has 11 heteroatoms. The first-order valence-corrected chi connectivity index (χ1v) is 13.6. The normalized spacial score (nSPS) is 14.3. The summed E-state index contributed by atoms with van der Waals surface area (Å²) in [6, 6.07) is 7.18. The predicted octanol–water partition coefficient (Wildman–Crippen LogP) is 3.29. The maximum absolute atomic E-state index is 11.2. The summed E-state index contributed by atoms with van der Waals surface area (Å²) in [4.78, 5) is 11.2. The van der Waals surface area contributed by atoms with E-state index < -0.39 is 18.4 Å². The van der Waals surface area contributed by atoms with Crippen LogP contribution in [0.15, 0.2) is 65.6 Å². The molecular weight excluding hydrogens is 530 g/mol. The number of nitroso groups, excluding NO2 is 1. The summed E-state index contributed by atoms with van der Waals surface area (Å²) in [7, 11) is 6.23. The molecule has 0 saturated carbocycles. The Balaban J connectivity index is 2.67. The monoisotopic (exact) mass is 579 g/mol. The Kier molecular flexibility index (Phi) is 18.0. The van der Waals surface area contributed by atoms with Crippen molar-refractivity contribution in [2.24, 2.45) is 5.18 Å². The highest BCUT2D eigenvalue weighted by molar-refractivity contribution is 5.43. The Morgan fingerprint density at radius 2 is 1.49 bits per heavy atom. The maximum atomic E-state index is 11.2. The third kappa shape index (κ3) is 13.7. The smallest absolute Gasteiger partial charge is 0.169 e. The molecule has 2 unspecified atom stereocenters. The average molecular weight is 580 g/mol. The second-order valence-corrected chi connectivity index (χ2v) is 9.91. The van der Waals surface area contributed by atoms with Crippen molar-refractivity contribution in [1.29, 1.82) is 0 Å². The van der Waals surface area contributed by atoms with Gasteiger partial charge in [-0.25, -0.2) is 0 Å². The van der Waals surface area contributed by atoms with Gasteiger partial charge in [0.15, 0.2) is 12.6 Å². The number of benzene rings is 1. The molecule has 0 spiro atoms. The molecule has 0 fully saturated rings. The van der Waals surface area contributed by atoms with Crippen molar-refractivity contribution >= 4 is 0 Å². The first kappa shape index (κ1) is 36.4. The van der Waals surface area contributed by atoms with Crippen LogP contribution in [-0.4, -0.2) is 97.7 Å². The second kappa shape index (κ2) is 20.3. The topological polar surface area (TPSA) is 129 Å². The van der Waals surface area contributed by atoms with Gasteiger partial charge in [-0.2, -0.15) is 4.91 Å².